The van der Waals surface area contributed by atoms with E-state index in [1.165, 1.54) is 21.8 Å². The SMILES string of the molecule is NN=c1ccc2ccccc2o1.c1ccc2c(c1)[nH]c1ccccc12. The van der Waals surface area contributed by atoms with Crippen LogP contribution in [0.1, 0.15) is 0 Å². The lowest BCUT2D eigenvalue weighted by atomic mass is 10.2. The Morgan fingerprint density at radius 2 is 1.28 bits per heavy atom. The highest BCUT2D eigenvalue weighted by Gasteiger charge is 2.00. The van der Waals surface area contributed by atoms with Crippen molar-refractivity contribution in [3.8, 4) is 0 Å². The van der Waals surface area contributed by atoms with Crippen LogP contribution in [0.2, 0.25) is 0 Å². The summed E-state index contributed by atoms with van der Waals surface area (Å²) >= 11 is 0. The van der Waals surface area contributed by atoms with Gasteiger partial charge in [0.25, 0.3) is 0 Å². The van der Waals surface area contributed by atoms with Crippen molar-refractivity contribution in [3.05, 3.63) is 90.5 Å². The number of fused-ring (bicyclic) bond motifs is 4. The van der Waals surface area contributed by atoms with E-state index in [4.69, 9.17) is 10.3 Å². The molecule has 5 rings (SSSR count). The summed E-state index contributed by atoms with van der Waals surface area (Å²) in [4.78, 5) is 3.38. The molecule has 3 N–H and O–H groups in total. The molecule has 3 aromatic carbocycles. The lowest BCUT2D eigenvalue weighted by Crippen LogP contribution is -2.02. The van der Waals surface area contributed by atoms with Crippen LogP contribution in [-0.2, 0) is 0 Å². The maximum atomic E-state index is 5.32. The number of nitrogens with one attached hydrogen (secondary N) is 1. The second-order valence-electron chi connectivity index (χ2n) is 5.66. The molecule has 25 heavy (non-hydrogen) atoms. The van der Waals surface area contributed by atoms with E-state index in [9.17, 15) is 0 Å². The number of hydrogen-bond donors (Lipinski definition) is 2. The van der Waals surface area contributed by atoms with Crippen molar-refractivity contribution in [2.75, 3.05) is 0 Å². The predicted molar refractivity (Wildman–Crippen MR) is 102 cm³/mol. The van der Waals surface area contributed by atoms with Gasteiger partial charge in [-0.1, -0.05) is 54.6 Å². The summed E-state index contributed by atoms with van der Waals surface area (Å²) in [6, 6.07) is 28.1. The topological polar surface area (TPSA) is 67.3 Å². The smallest absolute Gasteiger partial charge is 0.235 e. The molecule has 4 heteroatoms. The minimum absolute atomic E-state index is 0.439. The number of benzene rings is 3. The van der Waals surface area contributed by atoms with Crippen LogP contribution in [0.3, 0.4) is 0 Å². The lowest BCUT2D eigenvalue weighted by molar-refractivity contribution is 0.537. The van der Waals surface area contributed by atoms with E-state index >= 15 is 0 Å². The number of aromatic nitrogens is 1. The van der Waals surface area contributed by atoms with Crippen LogP contribution >= 0.6 is 0 Å². The Bertz CT molecular complexity index is 1170. The van der Waals surface area contributed by atoms with E-state index in [0.717, 1.165) is 11.0 Å². The Labute approximate surface area is 144 Å². The van der Waals surface area contributed by atoms with Gasteiger partial charge in [0, 0.05) is 33.3 Å². The van der Waals surface area contributed by atoms with Gasteiger partial charge in [-0.2, -0.15) is 0 Å². The first-order valence-corrected chi connectivity index (χ1v) is 8.03. The van der Waals surface area contributed by atoms with Crippen LogP contribution in [-0.4, -0.2) is 4.98 Å². The highest BCUT2D eigenvalue weighted by molar-refractivity contribution is 6.06. The molecule has 0 saturated carbocycles. The van der Waals surface area contributed by atoms with E-state index < -0.39 is 0 Å². The molecule has 2 aromatic heterocycles. The van der Waals surface area contributed by atoms with Crippen molar-refractivity contribution in [2.24, 2.45) is 10.9 Å². The Hall–Kier alpha value is -3.53. The third-order valence-corrected chi connectivity index (χ3v) is 4.08. The molecule has 0 fully saturated rings. The summed E-state index contributed by atoms with van der Waals surface area (Å²) < 4.78 is 5.32. The van der Waals surface area contributed by atoms with E-state index in [0.29, 0.717) is 5.55 Å². The fourth-order valence-electron chi connectivity index (χ4n) is 2.89. The minimum atomic E-state index is 0.439. The van der Waals surface area contributed by atoms with Gasteiger partial charge in [0.15, 0.2) is 0 Å². The second-order valence-corrected chi connectivity index (χ2v) is 5.66. The average Bonchev–Trinajstić information content (AvgIpc) is 3.07. The zero-order valence-corrected chi connectivity index (χ0v) is 13.5. The molecule has 0 radical (unpaired) electrons. The number of nitrogens with zero attached hydrogens (tertiary/aromatic N) is 1. The molecule has 122 valence electrons. The highest BCUT2D eigenvalue weighted by Crippen LogP contribution is 2.24. The van der Waals surface area contributed by atoms with Gasteiger partial charge in [0.05, 0.1) is 0 Å². The summed E-state index contributed by atoms with van der Waals surface area (Å²) in [6.07, 6.45) is 0. The van der Waals surface area contributed by atoms with E-state index in [1.54, 1.807) is 6.07 Å². The van der Waals surface area contributed by atoms with Crippen molar-refractivity contribution >= 4 is 32.8 Å². The molecule has 0 aliphatic heterocycles. The molecule has 0 aliphatic rings. The Morgan fingerprint density at radius 1 is 0.680 bits per heavy atom. The molecule has 0 aliphatic carbocycles. The van der Waals surface area contributed by atoms with Crippen molar-refractivity contribution in [2.45, 2.75) is 0 Å². The van der Waals surface area contributed by atoms with Crippen LogP contribution in [0.25, 0.3) is 32.8 Å². The van der Waals surface area contributed by atoms with Crippen LogP contribution in [0, 0.1) is 0 Å². The summed E-state index contributed by atoms with van der Waals surface area (Å²) in [5, 5.41) is 7.11. The Morgan fingerprint density at radius 3 is 1.96 bits per heavy atom. The fourth-order valence-corrected chi connectivity index (χ4v) is 2.89. The van der Waals surface area contributed by atoms with Crippen molar-refractivity contribution in [1.82, 2.24) is 4.98 Å². The van der Waals surface area contributed by atoms with Gasteiger partial charge in [0.2, 0.25) is 5.55 Å². The first kappa shape index (κ1) is 15.0. The van der Waals surface area contributed by atoms with Crippen LogP contribution in [0.5, 0.6) is 0 Å². The molecule has 4 nitrogen and oxygen atoms in total. The average molecular weight is 327 g/mol. The van der Waals surface area contributed by atoms with Crippen molar-refractivity contribution in [1.29, 1.82) is 0 Å². The zero-order chi connectivity index (χ0) is 17.1. The summed E-state index contributed by atoms with van der Waals surface area (Å²) in [5.41, 5.74) is 3.66. The first-order chi connectivity index (χ1) is 12.3. The van der Waals surface area contributed by atoms with Gasteiger partial charge >= 0.3 is 0 Å². The maximum Gasteiger partial charge on any atom is 0.235 e. The monoisotopic (exact) mass is 327 g/mol. The molecule has 0 atom stereocenters. The second kappa shape index (κ2) is 6.53. The Balaban J connectivity index is 0.000000126. The maximum absolute atomic E-state index is 5.32. The van der Waals surface area contributed by atoms with Gasteiger partial charge in [-0.05, 0) is 24.3 Å². The summed E-state index contributed by atoms with van der Waals surface area (Å²) in [5.74, 6) is 5.07. The number of para-hydroxylation sites is 3. The van der Waals surface area contributed by atoms with Gasteiger partial charge < -0.3 is 15.2 Å². The third-order valence-electron chi connectivity index (χ3n) is 4.08. The molecule has 0 saturated heterocycles. The van der Waals surface area contributed by atoms with Crippen LogP contribution in [0.15, 0.2) is 94.4 Å². The van der Waals surface area contributed by atoms with Crippen molar-refractivity contribution in [3.63, 3.8) is 0 Å². The van der Waals surface area contributed by atoms with Gasteiger partial charge in [0.1, 0.15) is 5.58 Å². The quantitative estimate of drug-likeness (QED) is 0.324. The zero-order valence-electron chi connectivity index (χ0n) is 13.5. The highest BCUT2D eigenvalue weighted by atomic mass is 16.3. The van der Waals surface area contributed by atoms with E-state index in [2.05, 4.69) is 58.6 Å². The van der Waals surface area contributed by atoms with Crippen LogP contribution < -0.4 is 11.4 Å². The third kappa shape index (κ3) is 2.97. The fraction of sp³-hybridized carbons (Fsp3) is 0. The predicted octanol–water partition coefficient (Wildman–Crippen LogP) is 4.53. The number of H-pyrrole nitrogens is 1. The molecule has 0 amide bonds. The molecule has 0 spiro atoms. The van der Waals surface area contributed by atoms with Crippen molar-refractivity contribution < 1.29 is 4.42 Å². The molecule has 2 heterocycles. The number of nitrogens with two attached hydrogens (primary N) is 1. The molecule has 5 aromatic rings. The number of hydrogen-bond acceptors (Lipinski definition) is 3. The molecule has 0 unspecified atom stereocenters. The molecular formula is C21H17N3O. The molecular weight excluding hydrogens is 310 g/mol. The standard InChI is InChI=1S/C12H9N.C9H8N2O/c1-3-7-11-9(5-1)10-6-2-4-8-12(10)13-11;10-11-9-6-5-7-3-1-2-4-8(7)12-9/h1-8,13H;1-6H,10H2. The van der Waals surface area contributed by atoms with Gasteiger partial charge in [-0.3, -0.25) is 0 Å². The van der Waals surface area contributed by atoms with E-state index in [-0.39, 0.29) is 0 Å². The largest absolute Gasteiger partial charge is 0.437 e. The minimum Gasteiger partial charge on any atom is -0.437 e. The van der Waals surface area contributed by atoms with E-state index in [1.807, 2.05) is 30.3 Å². The Kier molecular flexibility index (Phi) is 3.92. The van der Waals surface area contributed by atoms with Gasteiger partial charge in [-0.15, -0.1) is 5.10 Å². The van der Waals surface area contributed by atoms with Crippen LogP contribution in [0.4, 0.5) is 0 Å². The first-order valence-electron chi connectivity index (χ1n) is 8.03. The normalized spacial score (nSPS) is 11.6. The summed E-state index contributed by atoms with van der Waals surface area (Å²) in [7, 11) is 0. The number of aromatic amines is 1. The molecule has 0 bridgehead atoms. The number of rotatable bonds is 0. The summed E-state index contributed by atoms with van der Waals surface area (Å²) in [6.45, 7) is 0. The van der Waals surface area contributed by atoms with Gasteiger partial charge in [-0.25, -0.2) is 0 Å². The lowest BCUT2D eigenvalue weighted by Gasteiger charge is -1.93.